The third kappa shape index (κ3) is 2.68. The minimum absolute atomic E-state index is 0.646. The fourth-order valence-corrected chi connectivity index (χ4v) is 4.36. The van der Waals surface area contributed by atoms with E-state index in [2.05, 4.69) is 62.0 Å². The molecule has 6 unspecified atom stereocenters. The molecule has 0 heterocycles. The van der Waals surface area contributed by atoms with Gasteiger partial charge in [-0.3, -0.25) is 0 Å². The first-order valence-corrected chi connectivity index (χ1v) is 7.85. The highest BCUT2D eigenvalue weighted by atomic mass is 14.5. The van der Waals surface area contributed by atoms with Crippen molar-refractivity contribution in [1.29, 1.82) is 0 Å². The van der Waals surface area contributed by atoms with Crippen LogP contribution < -0.4 is 0 Å². The fraction of sp³-hybridized carbons (Fsp3) is 0.889. The average Bonchev–Trinajstić information content (AvgIpc) is 2.32. The van der Waals surface area contributed by atoms with Crippen LogP contribution in [0.5, 0.6) is 0 Å². The maximum atomic E-state index is 4.17. The van der Waals surface area contributed by atoms with E-state index in [4.69, 9.17) is 0 Å². The van der Waals surface area contributed by atoms with Crippen LogP contribution in [-0.4, -0.2) is 0 Å². The zero-order valence-electron chi connectivity index (χ0n) is 13.8. The van der Waals surface area contributed by atoms with E-state index in [1.54, 1.807) is 0 Å². The highest BCUT2D eigenvalue weighted by molar-refractivity contribution is 5.00. The van der Waals surface area contributed by atoms with Gasteiger partial charge >= 0.3 is 0 Å². The largest absolute Gasteiger partial charge is 0.0999 e. The number of hydrogen-bond acceptors (Lipinski definition) is 0. The Labute approximate surface area is 115 Å². The molecule has 0 heteroatoms. The summed E-state index contributed by atoms with van der Waals surface area (Å²) in [4.78, 5) is 0. The standard InChI is InChI=1S/C18H34/c1-10(2)11(3)15(7)18-16(8)13(5)12(4)14(6)17(18)9/h11-18H,1H2,2-9H3. The van der Waals surface area contributed by atoms with Gasteiger partial charge in [0, 0.05) is 0 Å². The van der Waals surface area contributed by atoms with Gasteiger partial charge in [-0.2, -0.15) is 0 Å². The molecule has 0 aromatic rings. The molecule has 0 N–H and O–H groups in total. The molecule has 1 aliphatic rings. The van der Waals surface area contributed by atoms with Gasteiger partial charge in [0.1, 0.15) is 0 Å². The van der Waals surface area contributed by atoms with Crippen molar-refractivity contribution in [2.24, 2.45) is 47.3 Å². The summed E-state index contributed by atoms with van der Waals surface area (Å²) in [5, 5.41) is 0. The molecular formula is C18H34. The number of rotatable bonds is 3. The third-order valence-corrected chi connectivity index (χ3v) is 6.70. The van der Waals surface area contributed by atoms with Gasteiger partial charge in [0.15, 0.2) is 0 Å². The van der Waals surface area contributed by atoms with Crippen LogP contribution >= 0.6 is 0 Å². The second kappa shape index (κ2) is 5.80. The molecule has 0 aromatic carbocycles. The molecule has 18 heavy (non-hydrogen) atoms. The van der Waals surface area contributed by atoms with Crippen LogP contribution in [0, 0.1) is 47.3 Å². The molecule has 6 atom stereocenters. The van der Waals surface area contributed by atoms with Crippen molar-refractivity contribution in [3.05, 3.63) is 12.2 Å². The van der Waals surface area contributed by atoms with E-state index >= 15 is 0 Å². The van der Waals surface area contributed by atoms with E-state index < -0.39 is 0 Å². The van der Waals surface area contributed by atoms with Gasteiger partial charge in [-0.25, -0.2) is 0 Å². The van der Waals surface area contributed by atoms with Gasteiger partial charge in [0.2, 0.25) is 0 Å². The van der Waals surface area contributed by atoms with Crippen molar-refractivity contribution >= 4 is 0 Å². The summed E-state index contributed by atoms with van der Waals surface area (Å²) in [5.74, 6) is 6.47. The Morgan fingerprint density at radius 2 is 1.11 bits per heavy atom. The van der Waals surface area contributed by atoms with Gasteiger partial charge in [0.25, 0.3) is 0 Å². The first kappa shape index (κ1) is 15.8. The highest BCUT2D eigenvalue weighted by Gasteiger charge is 2.44. The van der Waals surface area contributed by atoms with Crippen molar-refractivity contribution in [1.82, 2.24) is 0 Å². The first-order chi connectivity index (χ1) is 8.20. The number of hydrogen-bond donors (Lipinski definition) is 0. The highest BCUT2D eigenvalue weighted by Crippen LogP contribution is 2.50. The molecule has 106 valence electrons. The first-order valence-electron chi connectivity index (χ1n) is 7.85. The Hall–Kier alpha value is -0.260. The molecule has 1 fully saturated rings. The molecule has 1 rings (SSSR count). The Balaban J connectivity index is 2.95. The summed E-state index contributed by atoms with van der Waals surface area (Å²) in [6, 6.07) is 0. The lowest BCUT2D eigenvalue weighted by Crippen LogP contribution is -2.45. The molecule has 0 aliphatic heterocycles. The van der Waals surface area contributed by atoms with Crippen LogP contribution in [0.3, 0.4) is 0 Å². The minimum atomic E-state index is 0.646. The summed E-state index contributed by atoms with van der Waals surface area (Å²) in [5.41, 5.74) is 1.35. The smallest absolute Gasteiger partial charge is 0.0209 e. The third-order valence-electron chi connectivity index (χ3n) is 6.70. The van der Waals surface area contributed by atoms with Crippen molar-refractivity contribution in [2.75, 3.05) is 0 Å². The molecule has 1 saturated carbocycles. The summed E-state index contributed by atoms with van der Waals surface area (Å²) in [6.07, 6.45) is 0. The molecule has 0 bridgehead atoms. The van der Waals surface area contributed by atoms with Gasteiger partial charge < -0.3 is 0 Å². The molecular weight excluding hydrogens is 216 g/mol. The van der Waals surface area contributed by atoms with Gasteiger partial charge in [-0.05, 0) is 54.3 Å². The summed E-state index contributed by atoms with van der Waals surface area (Å²) >= 11 is 0. The van der Waals surface area contributed by atoms with Crippen LogP contribution in [0.1, 0.15) is 55.4 Å². The van der Waals surface area contributed by atoms with Gasteiger partial charge in [-0.15, -0.1) is 0 Å². The van der Waals surface area contributed by atoms with Crippen molar-refractivity contribution in [3.63, 3.8) is 0 Å². The van der Waals surface area contributed by atoms with E-state index in [0.29, 0.717) is 5.92 Å². The second-order valence-corrected chi connectivity index (χ2v) is 7.37. The number of allylic oxidation sites excluding steroid dienone is 1. The topological polar surface area (TPSA) is 0 Å². The quantitative estimate of drug-likeness (QED) is 0.568. The molecule has 0 saturated heterocycles. The lowest BCUT2D eigenvalue weighted by molar-refractivity contribution is -0.0164. The SMILES string of the molecule is C=C(C)C(C)C(C)C1C(C)C(C)C(C)C(C)C1C. The molecule has 0 aromatic heterocycles. The van der Waals surface area contributed by atoms with Crippen LogP contribution in [0.15, 0.2) is 12.2 Å². The minimum Gasteiger partial charge on any atom is -0.0999 e. The Morgan fingerprint density at radius 1 is 0.778 bits per heavy atom. The Bertz CT molecular complexity index is 274. The van der Waals surface area contributed by atoms with Crippen LogP contribution in [-0.2, 0) is 0 Å². The molecule has 0 nitrogen and oxygen atoms in total. The second-order valence-electron chi connectivity index (χ2n) is 7.37. The lowest BCUT2D eigenvalue weighted by Gasteiger charge is -2.50. The Morgan fingerprint density at radius 3 is 1.44 bits per heavy atom. The van der Waals surface area contributed by atoms with E-state index in [-0.39, 0.29) is 0 Å². The van der Waals surface area contributed by atoms with Gasteiger partial charge in [0.05, 0.1) is 0 Å². The monoisotopic (exact) mass is 250 g/mol. The van der Waals surface area contributed by atoms with E-state index in [1.165, 1.54) is 5.57 Å². The van der Waals surface area contributed by atoms with Crippen molar-refractivity contribution in [2.45, 2.75) is 55.4 Å². The normalized spacial score (nSPS) is 44.4. The molecule has 0 radical (unpaired) electrons. The van der Waals surface area contributed by atoms with Crippen LogP contribution in [0.4, 0.5) is 0 Å². The van der Waals surface area contributed by atoms with Gasteiger partial charge in [-0.1, -0.05) is 60.6 Å². The predicted octanol–water partition coefficient (Wildman–Crippen LogP) is 5.65. The Kier molecular flexibility index (Phi) is 5.09. The van der Waals surface area contributed by atoms with Crippen LogP contribution in [0.2, 0.25) is 0 Å². The predicted molar refractivity (Wildman–Crippen MR) is 82.5 cm³/mol. The van der Waals surface area contributed by atoms with E-state index in [0.717, 1.165) is 41.4 Å². The summed E-state index contributed by atoms with van der Waals surface area (Å²) in [7, 11) is 0. The molecule has 1 aliphatic carbocycles. The summed E-state index contributed by atoms with van der Waals surface area (Å²) in [6.45, 7) is 23.5. The summed E-state index contributed by atoms with van der Waals surface area (Å²) < 4.78 is 0. The zero-order valence-corrected chi connectivity index (χ0v) is 13.8. The average molecular weight is 250 g/mol. The maximum Gasteiger partial charge on any atom is -0.0209 e. The van der Waals surface area contributed by atoms with Crippen LogP contribution in [0.25, 0.3) is 0 Å². The van der Waals surface area contributed by atoms with Crippen molar-refractivity contribution < 1.29 is 0 Å². The maximum absolute atomic E-state index is 4.17. The fourth-order valence-electron chi connectivity index (χ4n) is 4.36. The lowest BCUT2D eigenvalue weighted by atomic mass is 9.55. The molecule has 0 amide bonds. The van der Waals surface area contributed by atoms with E-state index in [9.17, 15) is 0 Å². The van der Waals surface area contributed by atoms with E-state index in [1.807, 2.05) is 0 Å². The van der Waals surface area contributed by atoms with Crippen molar-refractivity contribution in [3.8, 4) is 0 Å². The zero-order chi connectivity index (χ0) is 14.2. The molecule has 0 spiro atoms.